The van der Waals surface area contributed by atoms with Crippen molar-refractivity contribution in [3.63, 3.8) is 0 Å². The molecule has 1 aromatic carbocycles. The number of benzene rings is 1. The Kier molecular flexibility index (Phi) is 6.44. The van der Waals surface area contributed by atoms with Crippen LogP contribution in [0.25, 0.3) is 11.0 Å². The molecule has 9 nitrogen and oxygen atoms in total. The fourth-order valence-corrected chi connectivity index (χ4v) is 3.96. The second-order valence-electron chi connectivity index (χ2n) is 8.06. The van der Waals surface area contributed by atoms with Gasteiger partial charge in [0.2, 0.25) is 0 Å². The fourth-order valence-electron chi connectivity index (χ4n) is 3.96. The molecule has 0 bridgehead atoms. The maximum absolute atomic E-state index is 13.1. The molecule has 0 radical (unpaired) electrons. The highest BCUT2D eigenvalue weighted by atomic mass is 16.5. The molecule has 4 aromatic heterocycles. The molecule has 0 saturated carbocycles. The van der Waals surface area contributed by atoms with E-state index in [1.807, 2.05) is 42.5 Å². The SMILES string of the molecule is COC(=O)c1c(NC(=O)c2cccnc2)c2cc(NCc3ccoc3)cnc2n1Cc1ccccc1. The van der Waals surface area contributed by atoms with Gasteiger partial charge in [0.15, 0.2) is 5.69 Å². The Balaban J connectivity index is 1.62. The van der Waals surface area contributed by atoms with E-state index in [4.69, 9.17) is 9.15 Å². The van der Waals surface area contributed by atoms with Gasteiger partial charge in [-0.15, -0.1) is 0 Å². The molecule has 0 saturated heterocycles. The lowest BCUT2D eigenvalue weighted by Crippen LogP contribution is -2.17. The van der Waals surface area contributed by atoms with E-state index in [9.17, 15) is 9.59 Å². The number of pyridine rings is 2. The molecule has 0 aliphatic rings. The molecular formula is C27H23N5O4. The predicted molar refractivity (Wildman–Crippen MR) is 135 cm³/mol. The van der Waals surface area contributed by atoms with Gasteiger partial charge in [0, 0.05) is 36.4 Å². The molecule has 36 heavy (non-hydrogen) atoms. The number of amides is 1. The summed E-state index contributed by atoms with van der Waals surface area (Å²) in [6.07, 6.45) is 8.01. The second kappa shape index (κ2) is 10.1. The number of ether oxygens (including phenoxy) is 1. The molecule has 0 spiro atoms. The van der Waals surface area contributed by atoms with Gasteiger partial charge in [-0.05, 0) is 29.8 Å². The molecule has 0 aliphatic carbocycles. The van der Waals surface area contributed by atoms with Crippen LogP contribution in [0.1, 0.15) is 32.0 Å². The number of methoxy groups -OCH3 is 1. The number of hydrogen-bond acceptors (Lipinski definition) is 7. The molecule has 1 amide bonds. The second-order valence-corrected chi connectivity index (χ2v) is 8.06. The van der Waals surface area contributed by atoms with Crippen molar-refractivity contribution >= 4 is 34.3 Å². The summed E-state index contributed by atoms with van der Waals surface area (Å²) in [6.45, 7) is 0.884. The van der Waals surface area contributed by atoms with Gasteiger partial charge in [-0.1, -0.05) is 30.3 Å². The summed E-state index contributed by atoms with van der Waals surface area (Å²) >= 11 is 0. The quantitative estimate of drug-likeness (QED) is 0.308. The number of furan rings is 1. The van der Waals surface area contributed by atoms with E-state index in [1.165, 1.54) is 13.3 Å². The number of hydrogen-bond donors (Lipinski definition) is 2. The normalized spacial score (nSPS) is 10.8. The minimum atomic E-state index is -0.585. The van der Waals surface area contributed by atoms with Crippen molar-refractivity contribution in [3.8, 4) is 0 Å². The lowest BCUT2D eigenvalue weighted by atomic mass is 10.2. The number of rotatable bonds is 8. The predicted octanol–water partition coefficient (Wildman–Crippen LogP) is 4.72. The smallest absolute Gasteiger partial charge is 0.356 e. The third-order valence-corrected chi connectivity index (χ3v) is 5.70. The van der Waals surface area contributed by atoms with Gasteiger partial charge in [0.05, 0.1) is 42.8 Å². The van der Waals surface area contributed by atoms with Gasteiger partial charge in [-0.3, -0.25) is 9.78 Å². The van der Waals surface area contributed by atoms with E-state index < -0.39 is 11.9 Å². The largest absolute Gasteiger partial charge is 0.472 e. The van der Waals surface area contributed by atoms with Crippen molar-refractivity contribution in [2.45, 2.75) is 13.1 Å². The van der Waals surface area contributed by atoms with Crippen LogP contribution in [0, 0.1) is 0 Å². The Morgan fingerprint density at radius 3 is 2.64 bits per heavy atom. The van der Waals surface area contributed by atoms with E-state index in [-0.39, 0.29) is 5.69 Å². The van der Waals surface area contributed by atoms with Gasteiger partial charge >= 0.3 is 5.97 Å². The number of nitrogens with zero attached hydrogens (tertiary/aromatic N) is 3. The molecule has 5 aromatic rings. The third-order valence-electron chi connectivity index (χ3n) is 5.70. The Morgan fingerprint density at radius 1 is 1.06 bits per heavy atom. The number of esters is 1. The van der Waals surface area contributed by atoms with Gasteiger partial charge in [0.1, 0.15) is 5.65 Å². The van der Waals surface area contributed by atoms with Crippen molar-refractivity contribution in [1.29, 1.82) is 0 Å². The lowest BCUT2D eigenvalue weighted by molar-refractivity contribution is 0.0591. The van der Waals surface area contributed by atoms with E-state index in [1.54, 1.807) is 41.6 Å². The van der Waals surface area contributed by atoms with Crippen LogP contribution in [0.5, 0.6) is 0 Å². The van der Waals surface area contributed by atoms with E-state index in [0.717, 1.165) is 11.1 Å². The van der Waals surface area contributed by atoms with Gasteiger partial charge in [0.25, 0.3) is 5.91 Å². The van der Waals surface area contributed by atoms with Crippen LogP contribution >= 0.6 is 0 Å². The van der Waals surface area contributed by atoms with Crippen LogP contribution in [-0.4, -0.2) is 33.5 Å². The molecule has 9 heteroatoms. The number of nitrogens with one attached hydrogen (secondary N) is 2. The minimum Gasteiger partial charge on any atom is -0.472 e. The standard InChI is InChI=1S/C27H23N5O4/c1-35-27(34)24-23(31-26(33)20-8-5-10-28-14-20)22-12-21(29-13-19-9-11-36-17-19)15-30-25(22)32(24)16-18-6-3-2-4-7-18/h2-12,14-15,17,29H,13,16H2,1H3,(H,31,33). The summed E-state index contributed by atoms with van der Waals surface area (Å²) in [4.78, 5) is 34.8. The van der Waals surface area contributed by atoms with Crippen LogP contribution in [-0.2, 0) is 17.8 Å². The first-order valence-electron chi connectivity index (χ1n) is 11.2. The molecule has 0 fully saturated rings. The summed E-state index contributed by atoms with van der Waals surface area (Å²) < 4.78 is 12.0. The van der Waals surface area contributed by atoms with Crippen molar-refractivity contribution in [2.24, 2.45) is 0 Å². The first-order valence-corrected chi connectivity index (χ1v) is 11.2. The summed E-state index contributed by atoms with van der Waals surface area (Å²) in [5.41, 5.74) is 4.07. The topological polar surface area (TPSA) is 111 Å². The number of anilines is 2. The van der Waals surface area contributed by atoms with Crippen LogP contribution in [0.2, 0.25) is 0 Å². The monoisotopic (exact) mass is 481 g/mol. The Labute approximate surface area is 206 Å². The Morgan fingerprint density at radius 2 is 1.92 bits per heavy atom. The van der Waals surface area contributed by atoms with Gasteiger partial charge < -0.3 is 24.4 Å². The highest BCUT2D eigenvalue weighted by Gasteiger charge is 2.26. The average molecular weight is 482 g/mol. The fraction of sp³-hybridized carbons (Fsp3) is 0.111. The van der Waals surface area contributed by atoms with Crippen LogP contribution < -0.4 is 10.6 Å². The first-order chi connectivity index (χ1) is 17.6. The van der Waals surface area contributed by atoms with E-state index >= 15 is 0 Å². The number of aromatic nitrogens is 3. The molecule has 0 unspecified atom stereocenters. The van der Waals surface area contributed by atoms with Crippen molar-refractivity contribution in [1.82, 2.24) is 14.5 Å². The highest BCUT2D eigenvalue weighted by Crippen LogP contribution is 2.33. The molecule has 4 heterocycles. The molecule has 0 atom stereocenters. The maximum atomic E-state index is 13.1. The Bertz CT molecular complexity index is 1500. The average Bonchev–Trinajstić information content (AvgIpc) is 3.55. The zero-order valence-electron chi connectivity index (χ0n) is 19.5. The van der Waals surface area contributed by atoms with E-state index in [0.29, 0.717) is 41.1 Å². The summed E-state index contributed by atoms with van der Waals surface area (Å²) in [7, 11) is 1.31. The molecular weight excluding hydrogens is 458 g/mol. The first kappa shape index (κ1) is 22.9. The molecule has 2 N–H and O–H groups in total. The summed E-state index contributed by atoms with van der Waals surface area (Å²) in [5.74, 6) is -0.984. The van der Waals surface area contributed by atoms with Crippen molar-refractivity contribution in [3.05, 3.63) is 108 Å². The zero-order chi connectivity index (χ0) is 24.9. The Hall–Kier alpha value is -4.92. The zero-order valence-corrected chi connectivity index (χ0v) is 19.5. The highest BCUT2D eigenvalue weighted by molar-refractivity contribution is 6.14. The van der Waals surface area contributed by atoms with Crippen LogP contribution in [0.3, 0.4) is 0 Å². The molecule has 5 rings (SSSR count). The van der Waals surface area contributed by atoms with Crippen LogP contribution in [0.4, 0.5) is 11.4 Å². The lowest BCUT2D eigenvalue weighted by Gasteiger charge is -2.11. The van der Waals surface area contributed by atoms with Crippen molar-refractivity contribution in [2.75, 3.05) is 17.7 Å². The number of carbonyl (C=O) groups is 2. The minimum absolute atomic E-state index is 0.202. The number of carbonyl (C=O) groups excluding carboxylic acids is 2. The maximum Gasteiger partial charge on any atom is 0.356 e. The van der Waals surface area contributed by atoms with Gasteiger partial charge in [-0.25, -0.2) is 9.78 Å². The van der Waals surface area contributed by atoms with Crippen molar-refractivity contribution < 1.29 is 18.7 Å². The van der Waals surface area contributed by atoms with Crippen LogP contribution in [0.15, 0.2) is 90.1 Å². The number of fused-ring (bicyclic) bond motifs is 1. The van der Waals surface area contributed by atoms with E-state index in [2.05, 4.69) is 20.6 Å². The molecule has 180 valence electrons. The third kappa shape index (κ3) is 4.67. The molecule has 0 aliphatic heterocycles. The summed E-state index contributed by atoms with van der Waals surface area (Å²) in [6, 6.07) is 16.7. The van der Waals surface area contributed by atoms with Gasteiger partial charge in [-0.2, -0.15) is 0 Å². The summed E-state index contributed by atoms with van der Waals surface area (Å²) in [5, 5.41) is 6.81.